The molecule has 3 nitrogen and oxygen atoms in total. The van der Waals surface area contributed by atoms with E-state index in [0.717, 1.165) is 11.3 Å². The number of hydrogen-bond donors (Lipinski definition) is 0. The summed E-state index contributed by atoms with van der Waals surface area (Å²) in [6.45, 7) is 10.9. The Labute approximate surface area is 105 Å². The minimum Gasteiger partial charge on any atom is -0.411 e. The molecule has 0 N–H and O–H groups in total. The Bertz CT molecular complexity index is 430. The highest BCUT2D eigenvalue weighted by Crippen LogP contribution is 2.26. The molecule has 0 amide bonds. The van der Waals surface area contributed by atoms with Crippen LogP contribution < -0.4 is 0 Å². The van der Waals surface area contributed by atoms with Crippen LogP contribution in [0.25, 0.3) is 0 Å². The number of nitrogens with zero attached hydrogens (tertiary/aromatic N) is 2. The molecule has 0 aliphatic heterocycles. The zero-order chi connectivity index (χ0) is 13.1. The molecule has 0 saturated carbocycles. The summed E-state index contributed by atoms with van der Waals surface area (Å²) in [5.41, 5.74) is 2.42. The van der Waals surface area contributed by atoms with E-state index in [4.69, 9.17) is 4.43 Å². The van der Waals surface area contributed by atoms with Gasteiger partial charge in [0.05, 0.1) is 17.9 Å². The van der Waals surface area contributed by atoms with Crippen LogP contribution in [0.1, 0.15) is 37.6 Å². The standard InChI is InChI=1S/C13H19N2OSi/c1-13(2,3)11-6-7-15-12(10(11)8-14)9-16-17(4)5/h6-7H,9H2,1-5H3. The molecule has 17 heavy (non-hydrogen) atoms. The van der Waals surface area contributed by atoms with E-state index >= 15 is 0 Å². The maximum Gasteiger partial charge on any atom is 0.205 e. The van der Waals surface area contributed by atoms with Gasteiger partial charge in [0.2, 0.25) is 9.04 Å². The van der Waals surface area contributed by atoms with Gasteiger partial charge in [-0.3, -0.25) is 4.98 Å². The highest BCUT2D eigenvalue weighted by atomic mass is 28.3. The first kappa shape index (κ1) is 13.9. The van der Waals surface area contributed by atoms with Crippen LogP contribution in [0.4, 0.5) is 0 Å². The molecule has 0 bridgehead atoms. The van der Waals surface area contributed by atoms with Gasteiger partial charge in [-0.2, -0.15) is 5.26 Å². The van der Waals surface area contributed by atoms with Crippen LogP contribution in [0.15, 0.2) is 12.3 Å². The zero-order valence-electron chi connectivity index (χ0n) is 11.2. The lowest BCUT2D eigenvalue weighted by atomic mass is 9.84. The van der Waals surface area contributed by atoms with Crippen molar-refractivity contribution in [3.63, 3.8) is 0 Å². The van der Waals surface area contributed by atoms with Gasteiger partial charge in [0.1, 0.15) is 6.07 Å². The Balaban J connectivity index is 3.12. The molecule has 4 heteroatoms. The van der Waals surface area contributed by atoms with Crippen LogP contribution >= 0.6 is 0 Å². The second kappa shape index (κ2) is 5.43. The van der Waals surface area contributed by atoms with Crippen molar-refractivity contribution < 1.29 is 4.43 Å². The molecule has 1 rings (SSSR count). The van der Waals surface area contributed by atoms with Crippen molar-refractivity contribution >= 4 is 9.04 Å². The van der Waals surface area contributed by atoms with Gasteiger partial charge < -0.3 is 4.43 Å². The number of pyridine rings is 1. The van der Waals surface area contributed by atoms with E-state index in [9.17, 15) is 5.26 Å². The lowest BCUT2D eigenvalue weighted by Crippen LogP contribution is -2.16. The average Bonchev–Trinajstić information content (AvgIpc) is 2.24. The fourth-order valence-electron chi connectivity index (χ4n) is 1.58. The van der Waals surface area contributed by atoms with Crippen LogP contribution in [0, 0.1) is 11.3 Å². The lowest BCUT2D eigenvalue weighted by Gasteiger charge is -2.21. The smallest absolute Gasteiger partial charge is 0.205 e. The Morgan fingerprint density at radius 2 is 2.06 bits per heavy atom. The van der Waals surface area contributed by atoms with Crippen molar-refractivity contribution in [2.45, 2.75) is 45.9 Å². The molecule has 0 atom stereocenters. The summed E-state index contributed by atoms with van der Waals surface area (Å²) in [6, 6.07) is 4.19. The van der Waals surface area contributed by atoms with Gasteiger partial charge in [-0.05, 0) is 30.1 Å². The van der Waals surface area contributed by atoms with Gasteiger partial charge in [0.15, 0.2) is 0 Å². The third-order valence-corrected chi connectivity index (χ3v) is 3.17. The normalized spacial score (nSPS) is 11.6. The summed E-state index contributed by atoms with van der Waals surface area (Å²) in [5.74, 6) is 0. The predicted molar refractivity (Wildman–Crippen MR) is 69.9 cm³/mol. The Morgan fingerprint density at radius 1 is 1.41 bits per heavy atom. The molecule has 0 fully saturated rings. The molecule has 1 heterocycles. The highest BCUT2D eigenvalue weighted by molar-refractivity contribution is 6.48. The third-order valence-electron chi connectivity index (χ3n) is 2.45. The van der Waals surface area contributed by atoms with E-state index in [1.807, 2.05) is 6.07 Å². The summed E-state index contributed by atoms with van der Waals surface area (Å²) in [6.07, 6.45) is 1.76. The van der Waals surface area contributed by atoms with Crippen LogP contribution in [-0.4, -0.2) is 14.0 Å². The van der Waals surface area contributed by atoms with Crippen molar-refractivity contribution in [3.05, 3.63) is 29.1 Å². The quantitative estimate of drug-likeness (QED) is 0.771. The number of nitriles is 1. The van der Waals surface area contributed by atoms with Crippen molar-refractivity contribution in [1.82, 2.24) is 4.98 Å². The molecule has 0 aromatic carbocycles. The summed E-state index contributed by atoms with van der Waals surface area (Å²) in [5, 5.41) is 9.29. The Hall–Kier alpha value is -1.18. The van der Waals surface area contributed by atoms with Crippen LogP contribution in [0.2, 0.25) is 13.1 Å². The first-order chi connectivity index (χ1) is 7.86. The molecular formula is C13H19N2OSi. The lowest BCUT2D eigenvalue weighted by molar-refractivity contribution is 0.308. The Morgan fingerprint density at radius 3 is 2.53 bits per heavy atom. The van der Waals surface area contributed by atoms with Crippen molar-refractivity contribution in [2.24, 2.45) is 0 Å². The van der Waals surface area contributed by atoms with Crippen LogP contribution in [0.5, 0.6) is 0 Å². The second-order valence-corrected chi connectivity index (χ2v) is 7.34. The topological polar surface area (TPSA) is 45.9 Å². The first-order valence-electron chi connectivity index (χ1n) is 5.67. The molecule has 0 aliphatic carbocycles. The fourth-order valence-corrected chi connectivity index (χ4v) is 2.00. The largest absolute Gasteiger partial charge is 0.411 e. The minimum atomic E-state index is -0.754. The molecule has 0 unspecified atom stereocenters. The zero-order valence-corrected chi connectivity index (χ0v) is 12.2. The maximum atomic E-state index is 9.29. The van der Waals surface area contributed by atoms with E-state index in [0.29, 0.717) is 12.2 Å². The van der Waals surface area contributed by atoms with E-state index in [1.54, 1.807) is 6.20 Å². The van der Waals surface area contributed by atoms with Crippen LogP contribution in [0.3, 0.4) is 0 Å². The van der Waals surface area contributed by atoms with Gasteiger partial charge >= 0.3 is 0 Å². The van der Waals surface area contributed by atoms with Gasteiger partial charge in [-0.15, -0.1) is 0 Å². The fraction of sp³-hybridized carbons (Fsp3) is 0.538. The van der Waals surface area contributed by atoms with Crippen molar-refractivity contribution in [3.8, 4) is 6.07 Å². The van der Waals surface area contributed by atoms with Crippen molar-refractivity contribution in [2.75, 3.05) is 0 Å². The van der Waals surface area contributed by atoms with Gasteiger partial charge in [0, 0.05) is 6.20 Å². The van der Waals surface area contributed by atoms with E-state index in [-0.39, 0.29) is 5.41 Å². The predicted octanol–water partition coefficient (Wildman–Crippen LogP) is 3.02. The molecule has 0 spiro atoms. The summed E-state index contributed by atoms with van der Waals surface area (Å²) >= 11 is 0. The van der Waals surface area contributed by atoms with Gasteiger partial charge in [-0.1, -0.05) is 20.8 Å². The van der Waals surface area contributed by atoms with Crippen LogP contribution in [-0.2, 0) is 16.4 Å². The molecule has 0 saturated heterocycles. The summed E-state index contributed by atoms with van der Waals surface area (Å²) < 4.78 is 5.63. The van der Waals surface area contributed by atoms with E-state index in [2.05, 4.69) is 44.9 Å². The van der Waals surface area contributed by atoms with E-state index in [1.165, 1.54) is 0 Å². The molecule has 1 aromatic rings. The molecule has 91 valence electrons. The summed E-state index contributed by atoms with van der Waals surface area (Å²) in [7, 11) is -0.754. The number of rotatable bonds is 3. The third kappa shape index (κ3) is 3.65. The second-order valence-electron chi connectivity index (χ2n) is 5.24. The highest BCUT2D eigenvalue weighted by Gasteiger charge is 2.20. The number of hydrogen-bond acceptors (Lipinski definition) is 3. The average molecular weight is 247 g/mol. The Kier molecular flexibility index (Phi) is 4.44. The van der Waals surface area contributed by atoms with Gasteiger partial charge in [-0.25, -0.2) is 0 Å². The SMILES string of the molecule is C[Si](C)OCc1nccc(C(C)(C)C)c1C#N. The van der Waals surface area contributed by atoms with Gasteiger partial charge in [0.25, 0.3) is 0 Å². The monoisotopic (exact) mass is 247 g/mol. The molecule has 0 aliphatic rings. The molecular weight excluding hydrogens is 228 g/mol. The van der Waals surface area contributed by atoms with E-state index < -0.39 is 9.04 Å². The first-order valence-corrected chi connectivity index (χ1v) is 8.08. The summed E-state index contributed by atoms with van der Waals surface area (Å²) in [4.78, 5) is 4.26. The molecule has 1 radical (unpaired) electrons. The van der Waals surface area contributed by atoms with Crippen molar-refractivity contribution in [1.29, 1.82) is 5.26 Å². The molecule has 1 aromatic heterocycles. The number of aromatic nitrogens is 1. The minimum absolute atomic E-state index is 0.0467. The maximum absolute atomic E-state index is 9.29.